The van der Waals surface area contributed by atoms with E-state index >= 15 is 0 Å². The second-order valence-electron chi connectivity index (χ2n) is 3.34. The Morgan fingerprint density at radius 2 is 2.21 bits per heavy atom. The highest BCUT2D eigenvalue weighted by atomic mass is 15.5. The second-order valence-corrected chi connectivity index (χ2v) is 3.34. The number of nitrogens with two attached hydrogens (primary N) is 2. The number of hydrogen-bond donors (Lipinski definition) is 2. The molecule has 0 saturated carbocycles. The molecular formula is C7H9N7. The Kier molecular flexibility index (Phi) is 1.25. The Balaban J connectivity index is 2.11. The van der Waals surface area contributed by atoms with E-state index in [-0.39, 0.29) is 5.96 Å². The Morgan fingerprint density at radius 1 is 1.43 bits per heavy atom. The van der Waals surface area contributed by atoms with E-state index in [0.29, 0.717) is 11.5 Å². The van der Waals surface area contributed by atoms with Crippen molar-refractivity contribution in [2.24, 2.45) is 31.4 Å². The van der Waals surface area contributed by atoms with Crippen LogP contribution in [0.15, 0.2) is 20.0 Å². The van der Waals surface area contributed by atoms with Crippen LogP contribution in [0.3, 0.4) is 0 Å². The predicted molar refractivity (Wildman–Crippen MR) is 53.5 cm³/mol. The maximum Gasteiger partial charge on any atom is 0.220 e. The molecule has 3 rings (SSSR count). The van der Waals surface area contributed by atoms with E-state index < -0.39 is 5.79 Å². The summed E-state index contributed by atoms with van der Waals surface area (Å²) >= 11 is 0. The highest BCUT2D eigenvalue weighted by molar-refractivity contribution is 6.51. The van der Waals surface area contributed by atoms with E-state index in [2.05, 4.69) is 20.0 Å². The van der Waals surface area contributed by atoms with Gasteiger partial charge in [0, 0.05) is 13.1 Å². The molecule has 0 radical (unpaired) electrons. The summed E-state index contributed by atoms with van der Waals surface area (Å²) in [5, 5.41) is 0. The van der Waals surface area contributed by atoms with Crippen LogP contribution >= 0.6 is 0 Å². The lowest BCUT2D eigenvalue weighted by Gasteiger charge is -2.28. The third-order valence-corrected chi connectivity index (χ3v) is 2.36. The fourth-order valence-electron chi connectivity index (χ4n) is 1.57. The summed E-state index contributed by atoms with van der Waals surface area (Å²) in [6, 6.07) is 0. The third kappa shape index (κ3) is 0.875. The first-order valence-corrected chi connectivity index (χ1v) is 4.29. The molecule has 72 valence electrons. The quantitative estimate of drug-likeness (QED) is 0.474. The van der Waals surface area contributed by atoms with Gasteiger partial charge in [-0.3, -0.25) is 10.6 Å². The molecule has 1 unspecified atom stereocenters. The highest BCUT2D eigenvalue weighted by Gasteiger charge is 2.48. The van der Waals surface area contributed by atoms with Crippen molar-refractivity contribution >= 4 is 23.8 Å². The van der Waals surface area contributed by atoms with Crippen LogP contribution < -0.4 is 11.5 Å². The van der Waals surface area contributed by atoms with E-state index in [1.54, 1.807) is 0 Å². The van der Waals surface area contributed by atoms with Crippen molar-refractivity contribution < 1.29 is 0 Å². The van der Waals surface area contributed by atoms with E-state index in [9.17, 15) is 0 Å². The van der Waals surface area contributed by atoms with Gasteiger partial charge in [0.15, 0.2) is 5.84 Å². The molecule has 1 fully saturated rings. The van der Waals surface area contributed by atoms with Crippen LogP contribution in [0.4, 0.5) is 0 Å². The van der Waals surface area contributed by atoms with Crippen LogP contribution in [0.25, 0.3) is 0 Å². The summed E-state index contributed by atoms with van der Waals surface area (Å²) in [7, 11) is 0. The molecule has 0 aromatic carbocycles. The zero-order valence-electron chi connectivity index (χ0n) is 7.38. The number of rotatable bonds is 1. The Labute approximate surface area is 79.9 Å². The Hall–Kier alpha value is -1.60. The summed E-state index contributed by atoms with van der Waals surface area (Å²) in [6.45, 7) is 1.80. The highest BCUT2D eigenvalue weighted by Crippen LogP contribution is 2.25. The van der Waals surface area contributed by atoms with Gasteiger partial charge in [0.1, 0.15) is 12.1 Å². The molecule has 0 bridgehead atoms. The third-order valence-electron chi connectivity index (χ3n) is 2.36. The lowest BCUT2D eigenvalue weighted by atomic mass is 10.1. The summed E-state index contributed by atoms with van der Waals surface area (Å²) in [5.41, 5.74) is 12.3. The monoisotopic (exact) mass is 191 g/mol. The van der Waals surface area contributed by atoms with Gasteiger partial charge in [0.25, 0.3) is 0 Å². The lowest BCUT2D eigenvalue weighted by Crippen LogP contribution is -2.57. The van der Waals surface area contributed by atoms with Gasteiger partial charge in [0.05, 0.1) is 0 Å². The summed E-state index contributed by atoms with van der Waals surface area (Å²) < 4.78 is 0. The summed E-state index contributed by atoms with van der Waals surface area (Å²) in [6.07, 6.45) is 1.42. The average molecular weight is 191 g/mol. The van der Waals surface area contributed by atoms with Crippen molar-refractivity contribution in [1.29, 1.82) is 0 Å². The van der Waals surface area contributed by atoms with Gasteiger partial charge in [0.2, 0.25) is 11.7 Å². The van der Waals surface area contributed by atoms with Crippen LogP contribution in [0, 0.1) is 0 Å². The van der Waals surface area contributed by atoms with Gasteiger partial charge in [-0.15, -0.1) is 0 Å². The molecule has 0 aliphatic carbocycles. The lowest BCUT2D eigenvalue weighted by molar-refractivity contribution is 0.347. The number of nitrogens with zero attached hydrogens (tertiary/aromatic N) is 5. The first-order valence-electron chi connectivity index (χ1n) is 4.29. The molecule has 1 saturated heterocycles. The van der Waals surface area contributed by atoms with Crippen LogP contribution in [-0.2, 0) is 0 Å². The van der Waals surface area contributed by atoms with Gasteiger partial charge in [-0.1, -0.05) is 0 Å². The van der Waals surface area contributed by atoms with Crippen molar-refractivity contribution in [1.82, 2.24) is 4.90 Å². The van der Waals surface area contributed by atoms with E-state index in [0.717, 1.165) is 13.1 Å². The standard InChI is InChI=1S/C7H9N7/c8-6-12-5-4(10-3-11-5)7(9,13-6)14-1-2-14/h3H,1-2,9H2,(H2,8,13). The molecule has 4 N–H and O–H groups in total. The number of amidine groups is 1. The Bertz CT molecular complexity index is 414. The van der Waals surface area contributed by atoms with E-state index in [1.807, 2.05) is 4.90 Å². The second kappa shape index (κ2) is 2.25. The van der Waals surface area contributed by atoms with Gasteiger partial charge < -0.3 is 5.73 Å². The topological polar surface area (TPSA) is 104 Å². The molecule has 0 spiro atoms. The van der Waals surface area contributed by atoms with Gasteiger partial charge >= 0.3 is 0 Å². The van der Waals surface area contributed by atoms with Crippen molar-refractivity contribution in [3.8, 4) is 0 Å². The predicted octanol–water partition coefficient (Wildman–Crippen LogP) is -1.88. The van der Waals surface area contributed by atoms with E-state index in [1.165, 1.54) is 6.34 Å². The molecular weight excluding hydrogens is 182 g/mol. The van der Waals surface area contributed by atoms with Gasteiger partial charge in [-0.2, -0.15) is 4.99 Å². The molecule has 3 aliphatic rings. The van der Waals surface area contributed by atoms with Crippen LogP contribution in [0.2, 0.25) is 0 Å². The number of aliphatic imine (C=N–C) groups is 4. The smallest absolute Gasteiger partial charge is 0.220 e. The molecule has 1 atom stereocenters. The van der Waals surface area contributed by atoms with Crippen LogP contribution in [0.5, 0.6) is 0 Å². The van der Waals surface area contributed by atoms with Crippen molar-refractivity contribution in [3.63, 3.8) is 0 Å². The zero-order valence-corrected chi connectivity index (χ0v) is 7.38. The molecule has 0 amide bonds. The molecule has 0 aromatic rings. The minimum Gasteiger partial charge on any atom is -0.368 e. The molecule has 7 heteroatoms. The summed E-state index contributed by atoms with van der Waals surface area (Å²) in [5.74, 6) is -0.309. The maximum absolute atomic E-state index is 6.11. The minimum atomic E-state index is -0.947. The zero-order chi connectivity index (χ0) is 9.76. The minimum absolute atomic E-state index is 0.160. The normalized spacial score (nSPS) is 34.8. The SMILES string of the molecule is NC1=NC(N)(N2CC2)C2=NC=NC2=N1. The largest absolute Gasteiger partial charge is 0.368 e. The van der Waals surface area contributed by atoms with Crippen molar-refractivity contribution in [3.05, 3.63) is 0 Å². The first-order chi connectivity index (χ1) is 6.70. The Morgan fingerprint density at radius 3 is 2.93 bits per heavy atom. The van der Waals surface area contributed by atoms with E-state index in [4.69, 9.17) is 11.5 Å². The maximum atomic E-state index is 6.11. The van der Waals surface area contributed by atoms with Gasteiger partial charge in [-0.25, -0.2) is 15.0 Å². The first kappa shape index (κ1) is 7.77. The summed E-state index contributed by atoms with van der Waals surface area (Å²) in [4.78, 5) is 18.1. The number of fused-ring (bicyclic) bond motifs is 1. The molecule has 14 heavy (non-hydrogen) atoms. The molecule has 7 nitrogen and oxygen atoms in total. The van der Waals surface area contributed by atoms with Crippen LogP contribution in [-0.4, -0.2) is 47.6 Å². The van der Waals surface area contributed by atoms with Crippen LogP contribution in [0.1, 0.15) is 0 Å². The molecule has 3 heterocycles. The van der Waals surface area contributed by atoms with Crippen molar-refractivity contribution in [2.75, 3.05) is 13.1 Å². The molecule has 3 aliphatic heterocycles. The van der Waals surface area contributed by atoms with Gasteiger partial charge in [-0.05, 0) is 0 Å². The fourth-order valence-corrected chi connectivity index (χ4v) is 1.57. The molecule has 0 aromatic heterocycles. The van der Waals surface area contributed by atoms with Crippen molar-refractivity contribution in [2.45, 2.75) is 5.79 Å². The average Bonchev–Trinajstić information content (AvgIpc) is 2.87. The number of guanidine groups is 1. The fraction of sp³-hybridized carbons (Fsp3) is 0.429. The number of hydrogen-bond acceptors (Lipinski definition) is 7.